The summed E-state index contributed by atoms with van der Waals surface area (Å²) in [5, 5.41) is 10.1. The van der Waals surface area contributed by atoms with Crippen LogP contribution in [-0.4, -0.2) is 35.7 Å². The Balaban J connectivity index is 1.47. The monoisotopic (exact) mass is 568 g/mol. The Labute approximate surface area is 243 Å². The van der Waals surface area contributed by atoms with Crippen molar-refractivity contribution in [3.05, 3.63) is 120 Å². The smallest absolute Gasteiger partial charge is 0.243 e. The molecule has 0 fully saturated rings. The molecule has 4 amide bonds. The van der Waals surface area contributed by atoms with Crippen LogP contribution in [0.15, 0.2) is 97.1 Å². The van der Waals surface area contributed by atoms with Gasteiger partial charge in [-0.3, -0.25) is 19.2 Å². The van der Waals surface area contributed by atoms with E-state index in [0.717, 1.165) is 21.9 Å². The SMILES string of the molecule is NC(=O)CC(NC(=O)CCc1ccccc1)C(=O)NC(Cc1ccc(F)cc1)C(=O)NCc1cccc2ccccc12. The number of carbonyl (C=O) groups is 4. The van der Waals surface area contributed by atoms with E-state index in [4.69, 9.17) is 5.73 Å². The minimum absolute atomic E-state index is 0.0542. The third-order valence-electron chi connectivity index (χ3n) is 6.86. The highest BCUT2D eigenvalue weighted by atomic mass is 19.1. The normalized spacial score (nSPS) is 12.2. The molecule has 0 radical (unpaired) electrons. The van der Waals surface area contributed by atoms with Crippen LogP contribution in [0.2, 0.25) is 0 Å². The maximum absolute atomic E-state index is 13.5. The lowest BCUT2D eigenvalue weighted by Gasteiger charge is -2.23. The van der Waals surface area contributed by atoms with Gasteiger partial charge >= 0.3 is 0 Å². The van der Waals surface area contributed by atoms with E-state index >= 15 is 0 Å². The van der Waals surface area contributed by atoms with Crippen LogP contribution in [-0.2, 0) is 38.6 Å². The number of nitrogens with one attached hydrogen (secondary N) is 3. The molecule has 0 bridgehead atoms. The van der Waals surface area contributed by atoms with Crippen LogP contribution in [0.25, 0.3) is 10.8 Å². The average Bonchev–Trinajstić information content (AvgIpc) is 2.99. The van der Waals surface area contributed by atoms with E-state index < -0.39 is 48.0 Å². The number of aryl methyl sites for hydroxylation is 1. The molecule has 9 heteroatoms. The molecule has 42 heavy (non-hydrogen) atoms. The molecular formula is C33H33FN4O4. The summed E-state index contributed by atoms with van der Waals surface area (Å²) in [5.74, 6) is -2.85. The number of fused-ring (bicyclic) bond motifs is 1. The molecule has 0 spiro atoms. The number of benzene rings is 4. The molecule has 0 aliphatic heterocycles. The second kappa shape index (κ2) is 14.5. The number of halogens is 1. The van der Waals surface area contributed by atoms with Gasteiger partial charge in [-0.2, -0.15) is 0 Å². The number of amides is 4. The van der Waals surface area contributed by atoms with Crippen LogP contribution in [0.1, 0.15) is 29.5 Å². The first-order chi connectivity index (χ1) is 20.3. The van der Waals surface area contributed by atoms with Crippen molar-refractivity contribution >= 4 is 34.4 Å². The molecule has 5 N–H and O–H groups in total. The second-order valence-electron chi connectivity index (χ2n) is 10.0. The molecule has 8 nitrogen and oxygen atoms in total. The van der Waals surface area contributed by atoms with Gasteiger partial charge in [-0.15, -0.1) is 0 Å². The number of hydrogen-bond acceptors (Lipinski definition) is 4. The average molecular weight is 569 g/mol. The predicted octanol–water partition coefficient (Wildman–Crippen LogP) is 3.32. The van der Waals surface area contributed by atoms with Crippen molar-refractivity contribution in [2.75, 3.05) is 0 Å². The van der Waals surface area contributed by atoms with Crippen LogP contribution >= 0.6 is 0 Å². The van der Waals surface area contributed by atoms with E-state index in [1.807, 2.05) is 72.8 Å². The molecular weight excluding hydrogens is 535 g/mol. The van der Waals surface area contributed by atoms with E-state index in [2.05, 4.69) is 16.0 Å². The number of primary amides is 1. The van der Waals surface area contributed by atoms with Crippen molar-refractivity contribution < 1.29 is 23.6 Å². The number of hydrogen-bond donors (Lipinski definition) is 4. The maximum Gasteiger partial charge on any atom is 0.243 e. The molecule has 216 valence electrons. The molecule has 0 aromatic heterocycles. The van der Waals surface area contributed by atoms with Crippen molar-refractivity contribution in [2.24, 2.45) is 5.73 Å². The zero-order valence-corrected chi connectivity index (χ0v) is 23.0. The third kappa shape index (κ3) is 8.72. The summed E-state index contributed by atoms with van der Waals surface area (Å²) in [7, 11) is 0. The minimum Gasteiger partial charge on any atom is -0.370 e. The lowest BCUT2D eigenvalue weighted by atomic mass is 10.0. The van der Waals surface area contributed by atoms with E-state index in [1.54, 1.807) is 0 Å². The van der Waals surface area contributed by atoms with Crippen molar-refractivity contribution in [3.63, 3.8) is 0 Å². The minimum atomic E-state index is -1.27. The van der Waals surface area contributed by atoms with Gasteiger partial charge in [0.25, 0.3) is 0 Å². The zero-order valence-electron chi connectivity index (χ0n) is 23.0. The first-order valence-electron chi connectivity index (χ1n) is 13.7. The van der Waals surface area contributed by atoms with Crippen molar-refractivity contribution in [1.29, 1.82) is 0 Å². The van der Waals surface area contributed by atoms with Gasteiger partial charge in [0.05, 0.1) is 6.42 Å². The van der Waals surface area contributed by atoms with Crippen LogP contribution < -0.4 is 21.7 Å². The zero-order chi connectivity index (χ0) is 29.9. The standard InChI is InChI=1S/C33H33FN4O4/c34-26-16-13-23(14-17-26)19-28(32(41)36-21-25-11-6-10-24-9-4-5-12-27(24)25)38-33(42)29(20-30(35)39)37-31(40)18-15-22-7-2-1-3-8-22/h1-14,16-17,28-29H,15,18-21H2,(H2,35,39)(H,36,41)(H,37,40)(H,38,42). The van der Waals surface area contributed by atoms with Gasteiger partial charge in [-0.25, -0.2) is 4.39 Å². The Bertz CT molecular complexity index is 1540. The largest absolute Gasteiger partial charge is 0.370 e. The highest BCUT2D eigenvalue weighted by Crippen LogP contribution is 2.18. The second-order valence-corrected chi connectivity index (χ2v) is 10.0. The molecule has 4 aromatic rings. The summed E-state index contributed by atoms with van der Waals surface area (Å²) in [4.78, 5) is 51.2. The lowest BCUT2D eigenvalue weighted by Crippen LogP contribution is -2.55. The predicted molar refractivity (Wildman–Crippen MR) is 158 cm³/mol. The highest BCUT2D eigenvalue weighted by molar-refractivity contribution is 5.95. The Morgan fingerprint density at radius 3 is 2.14 bits per heavy atom. The van der Waals surface area contributed by atoms with Crippen molar-refractivity contribution in [2.45, 2.75) is 44.3 Å². The topological polar surface area (TPSA) is 130 Å². The Hall–Kier alpha value is -5.05. The quantitative estimate of drug-likeness (QED) is 0.197. The molecule has 2 unspecified atom stereocenters. The van der Waals surface area contributed by atoms with E-state index in [9.17, 15) is 23.6 Å². The summed E-state index contributed by atoms with van der Waals surface area (Å²) in [5.41, 5.74) is 7.83. The summed E-state index contributed by atoms with van der Waals surface area (Å²) in [6, 6.07) is 26.2. The van der Waals surface area contributed by atoms with E-state index in [0.29, 0.717) is 12.0 Å². The first-order valence-corrected chi connectivity index (χ1v) is 13.7. The van der Waals surface area contributed by atoms with Gasteiger partial charge in [0.15, 0.2) is 0 Å². The van der Waals surface area contributed by atoms with Gasteiger partial charge < -0.3 is 21.7 Å². The highest BCUT2D eigenvalue weighted by Gasteiger charge is 2.28. The van der Waals surface area contributed by atoms with Crippen LogP contribution in [0.5, 0.6) is 0 Å². The van der Waals surface area contributed by atoms with Gasteiger partial charge in [-0.1, -0.05) is 84.9 Å². The molecule has 4 aromatic carbocycles. The molecule has 2 atom stereocenters. The van der Waals surface area contributed by atoms with E-state index in [-0.39, 0.29) is 19.4 Å². The first kappa shape index (κ1) is 29.9. The summed E-state index contributed by atoms with van der Waals surface area (Å²) < 4.78 is 13.5. The fourth-order valence-electron chi connectivity index (χ4n) is 4.67. The number of rotatable bonds is 13. The third-order valence-corrected chi connectivity index (χ3v) is 6.86. The van der Waals surface area contributed by atoms with Crippen LogP contribution in [0.3, 0.4) is 0 Å². The fraction of sp³-hybridized carbons (Fsp3) is 0.212. The molecule has 0 heterocycles. The van der Waals surface area contributed by atoms with Gasteiger partial charge in [-0.05, 0) is 46.0 Å². The summed E-state index contributed by atoms with van der Waals surface area (Å²) in [6.45, 7) is 0.205. The molecule has 0 aliphatic rings. The van der Waals surface area contributed by atoms with Crippen molar-refractivity contribution in [3.8, 4) is 0 Å². The number of carbonyl (C=O) groups excluding carboxylic acids is 4. The van der Waals surface area contributed by atoms with Crippen molar-refractivity contribution in [1.82, 2.24) is 16.0 Å². The molecule has 0 aliphatic carbocycles. The van der Waals surface area contributed by atoms with Crippen LogP contribution in [0.4, 0.5) is 4.39 Å². The van der Waals surface area contributed by atoms with Gasteiger partial charge in [0.2, 0.25) is 23.6 Å². The summed E-state index contributed by atoms with van der Waals surface area (Å²) in [6.07, 6.45) is 0.154. The van der Waals surface area contributed by atoms with Gasteiger partial charge in [0, 0.05) is 19.4 Å². The lowest BCUT2D eigenvalue weighted by molar-refractivity contribution is -0.133. The Morgan fingerprint density at radius 2 is 1.40 bits per heavy atom. The molecule has 0 saturated heterocycles. The molecule has 0 saturated carbocycles. The molecule has 4 rings (SSSR count). The Kier molecular flexibility index (Phi) is 10.4. The number of nitrogens with two attached hydrogens (primary N) is 1. The van der Waals surface area contributed by atoms with Crippen LogP contribution in [0, 0.1) is 5.82 Å². The Morgan fingerprint density at radius 1 is 0.714 bits per heavy atom. The maximum atomic E-state index is 13.5. The summed E-state index contributed by atoms with van der Waals surface area (Å²) >= 11 is 0. The van der Waals surface area contributed by atoms with E-state index in [1.165, 1.54) is 24.3 Å². The van der Waals surface area contributed by atoms with Gasteiger partial charge in [0.1, 0.15) is 17.9 Å². The fourth-order valence-corrected chi connectivity index (χ4v) is 4.67.